The molecule has 0 aliphatic carbocycles. The molecule has 150 valence electrons. The molecule has 0 saturated carbocycles. The molecule has 0 unspecified atom stereocenters. The van der Waals surface area contributed by atoms with Gasteiger partial charge in [0.2, 0.25) is 0 Å². The number of nitriles is 1. The summed E-state index contributed by atoms with van der Waals surface area (Å²) in [6.07, 6.45) is 1.70. The molecule has 2 aromatic heterocycles. The van der Waals surface area contributed by atoms with Gasteiger partial charge < -0.3 is 4.57 Å². The average molecular weight is 462 g/mol. The summed E-state index contributed by atoms with van der Waals surface area (Å²) in [7, 11) is 0. The van der Waals surface area contributed by atoms with Crippen molar-refractivity contribution in [1.82, 2.24) is 14.2 Å². The fourth-order valence-electron chi connectivity index (χ4n) is 3.66. The first kappa shape index (κ1) is 20.0. The Kier molecular flexibility index (Phi) is 5.27. The Hall–Kier alpha value is -3.24. The van der Waals surface area contributed by atoms with Gasteiger partial charge in [0.1, 0.15) is 12.4 Å². The minimum Gasteiger partial charge on any atom is -0.330 e. The lowest BCUT2D eigenvalue weighted by Gasteiger charge is -2.12. The van der Waals surface area contributed by atoms with Crippen molar-refractivity contribution >= 4 is 44.0 Å². The van der Waals surface area contributed by atoms with Crippen molar-refractivity contribution in [2.75, 3.05) is 0 Å². The average Bonchev–Trinajstić information content (AvgIpc) is 2.99. The first-order valence-electron chi connectivity index (χ1n) is 9.63. The van der Waals surface area contributed by atoms with E-state index >= 15 is 0 Å². The topological polar surface area (TPSA) is 76.0 Å². The zero-order chi connectivity index (χ0) is 21.4. The van der Waals surface area contributed by atoms with Crippen molar-refractivity contribution in [1.29, 1.82) is 5.26 Å². The lowest BCUT2D eigenvalue weighted by molar-refractivity contribution is 0.665. The van der Waals surface area contributed by atoms with Gasteiger partial charge in [-0.1, -0.05) is 48.0 Å². The van der Waals surface area contributed by atoms with Crippen molar-refractivity contribution in [3.8, 4) is 6.07 Å². The van der Waals surface area contributed by atoms with Crippen LogP contribution in [0.15, 0.2) is 56.8 Å². The SMILES string of the molecule is Cc1c(C=Nn2c(C(C)C)nc3ccc(Br)cc3c2=O)c2ccccc2n1CC#N. The summed E-state index contributed by atoms with van der Waals surface area (Å²) in [6, 6.07) is 15.6. The van der Waals surface area contributed by atoms with E-state index in [1.54, 1.807) is 12.3 Å². The van der Waals surface area contributed by atoms with Gasteiger partial charge in [0.25, 0.3) is 5.56 Å². The molecule has 0 aliphatic rings. The second-order valence-corrected chi connectivity index (χ2v) is 8.32. The summed E-state index contributed by atoms with van der Waals surface area (Å²) < 4.78 is 4.16. The lowest BCUT2D eigenvalue weighted by atomic mass is 10.1. The monoisotopic (exact) mass is 461 g/mol. The summed E-state index contributed by atoms with van der Waals surface area (Å²) in [4.78, 5) is 17.9. The van der Waals surface area contributed by atoms with Gasteiger partial charge in [-0.25, -0.2) is 4.98 Å². The molecule has 0 amide bonds. The third-order valence-corrected chi connectivity index (χ3v) is 5.65. The zero-order valence-electron chi connectivity index (χ0n) is 16.9. The number of rotatable bonds is 4. The summed E-state index contributed by atoms with van der Waals surface area (Å²) in [5.74, 6) is 0.619. The Morgan fingerprint density at radius 3 is 2.73 bits per heavy atom. The van der Waals surface area contributed by atoms with Crippen LogP contribution in [0.3, 0.4) is 0 Å². The Bertz CT molecular complexity index is 1410. The fraction of sp³-hybridized carbons (Fsp3) is 0.217. The predicted molar refractivity (Wildman–Crippen MR) is 123 cm³/mol. The van der Waals surface area contributed by atoms with E-state index < -0.39 is 0 Å². The van der Waals surface area contributed by atoms with Crippen molar-refractivity contribution in [2.24, 2.45) is 5.10 Å². The molecule has 0 bridgehead atoms. The van der Waals surface area contributed by atoms with Crippen molar-refractivity contribution in [3.63, 3.8) is 0 Å². The van der Waals surface area contributed by atoms with Crippen molar-refractivity contribution in [2.45, 2.75) is 33.2 Å². The first-order valence-corrected chi connectivity index (χ1v) is 10.4. The van der Waals surface area contributed by atoms with E-state index in [0.717, 1.165) is 26.6 Å². The molecule has 4 rings (SSSR count). The Balaban J connectivity index is 1.95. The van der Waals surface area contributed by atoms with E-state index in [9.17, 15) is 10.1 Å². The molecule has 0 fully saturated rings. The van der Waals surface area contributed by atoms with Crippen LogP contribution in [-0.2, 0) is 6.54 Å². The fourth-order valence-corrected chi connectivity index (χ4v) is 4.02. The van der Waals surface area contributed by atoms with Crippen LogP contribution in [0.5, 0.6) is 0 Å². The first-order chi connectivity index (χ1) is 14.4. The molecule has 2 heterocycles. The number of aromatic nitrogens is 3. The van der Waals surface area contributed by atoms with E-state index in [0.29, 0.717) is 16.7 Å². The van der Waals surface area contributed by atoms with Crippen molar-refractivity contribution < 1.29 is 0 Å². The second-order valence-electron chi connectivity index (χ2n) is 7.41. The molecular weight excluding hydrogens is 442 g/mol. The molecule has 0 atom stereocenters. The predicted octanol–water partition coefficient (Wildman–Crippen LogP) is 4.95. The van der Waals surface area contributed by atoms with Crippen LogP contribution in [0.4, 0.5) is 0 Å². The summed E-state index contributed by atoms with van der Waals surface area (Å²) in [5, 5.41) is 15.3. The maximum atomic E-state index is 13.2. The van der Waals surface area contributed by atoms with Crippen LogP contribution in [0.25, 0.3) is 21.8 Å². The number of hydrogen-bond donors (Lipinski definition) is 0. The molecular formula is C23H20BrN5O. The van der Waals surface area contributed by atoms with Gasteiger partial charge in [-0.05, 0) is 31.2 Å². The van der Waals surface area contributed by atoms with E-state index in [-0.39, 0.29) is 18.0 Å². The molecule has 7 heteroatoms. The number of benzene rings is 2. The molecule has 6 nitrogen and oxygen atoms in total. The van der Waals surface area contributed by atoms with Gasteiger partial charge >= 0.3 is 0 Å². The highest BCUT2D eigenvalue weighted by atomic mass is 79.9. The molecule has 2 aromatic carbocycles. The largest absolute Gasteiger partial charge is 0.330 e. The van der Waals surface area contributed by atoms with Crippen LogP contribution < -0.4 is 5.56 Å². The Labute approximate surface area is 182 Å². The zero-order valence-corrected chi connectivity index (χ0v) is 18.5. The van der Waals surface area contributed by atoms with E-state index in [1.165, 1.54) is 4.68 Å². The number of para-hydroxylation sites is 1. The maximum Gasteiger partial charge on any atom is 0.282 e. The van der Waals surface area contributed by atoms with Gasteiger partial charge in [0.15, 0.2) is 0 Å². The Morgan fingerprint density at radius 2 is 2.00 bits per heavy atom. The molecule has 0 radical (unpaired) electrons. The van der Waals surface area contributed by atoms with Gasteiger partial charge in [-0.2, -0.15) is 15.0 Å². The van der Waals surface area contributed by atoms with Crippen molar-refractivity contribution in [3.05, 3.63) is 74.4 Å². The number of hydrogen-bond acceptors (Lipinski definition) is 4. The number of halogens is 1. The quantitative estimate of drug-likeness (QED) is 0.403. The molecule has 0 spiro atoms. The van der Waals surface area contributed by atoms with Gasteiger partial charge in [0.05, 0.1) is 23.2 Å². The summed E-state index contributed by atoms with van der Waals surface area (Å²) in [6.45, 7) is 6.19. The third-order valence-electron chi connectivity index (χ3n) is 5.16. The van der Waals surface area contributed by atoms with E-state index in [1.807, 2.05) is 61.7 Å². The Morgan fingerprint density at radius 1 is 1.23 bits per heavy atom. The van der Waals surface area contributed by atoms with E-state index in [4.69, 9.17) is 0 Å². The number of nitrogens with zero attached hydrogens (tertiary/aromatic N) is 5. The van der Waals surface area contributed by atoms with Gasteiger partial charge in [0, 0.05) is 32.6 Å². The lowest BCUT2D eigenvalue weighted by Crippen LogP contribution is -2.23. The molecule has 0 N–H and O–H groups in total. The van der Waals surface area contributed by atoms with Crippen LogP contribution >= 0.6 is 15.9 Å². The van der Waals surface area contributed by atoms with Gasteiger partial charge in [-0.15, -0.1) is 0 Å². The van der Waals surface area contributed by atoms with Gasteiger partial charge in [-0.3, -0.25) is 4.79 Å². The second kappa shape index (κ2) is 7.88. The standard InChI is InChI=1S/C23H20BrN5O/c1-14(2)22-27-20-9-8-16(24)12-18(20)23(30)29(22)26-13-19-15(3)28(11-10-25)21-7-5-4-6-17(19)21/h4-9,12-14H,11H2,1-3H3. The molecule has 0 saturated heterocycles. The smallest absolute Gasteiger partial charge is 0.282 e. The van der Waals surface area contributed by atoms with E-state index in [2.05, 4.69) is 32.1 Å². The highest BCUT2D eigenvalue weighted by Crippen LogP contribution is 2.25. The normalized spacial score (nSPS) is 11.7. The molecule has 4 aromatic rings. The van der Waals surface area contributed by atoms with Crippen LogP contribution in [0.1, 0.15) is 36.8 Å². The third kappa shape index (κ3) is 3.33. The summed E-state index contributed by atoms with van der Waals surface area (Å²) in [5.41, 5.74) is 3.23. The number of fused-ring (bicyclic) bond motifs is 2. The minimum atomic E-state index is -0.209. The molecule has 0 aliphatic heterocycles. The molecule has 30 heavy (non-hydrogen) atoms. The highest BCUT2D eigenvalue weighted by Gasteiger charge is 2.15. The van der Waals surface area contributed by atoms with Crippen LogP contribution in [0.2, 0.25) is 0 Å². The van der Waals surface area contributed by atoms with Crippen LogP contribution in [0, 0.1) is 18.3 Å². The minimum absolute atomic E-state index is 0.0175. The van der Waals surface area contributed by atoms with Crippen LogP contribution in [-0.4, -0.2) is 20.4 Å². The highest BCUT2D eigenvalue weighted by molar-refractivity contribution is 9.10. The summed E-state index contributed by atoms with van der Waals surface area (Å²) >= 11 is 3.42. The maximum absolute atomic E-state index is 13.2.